The molecule has 2 aromatic rings. The highest BCUT2D eigenvalue weighted by atomic mass is 79.9. The predicted molar refractivity (Wildman–Crippen MR) is 78.0 cm³/mol. The number of hydrazone groups is 1. The number of amides is 1. The first kappa shape index (κ1) is 13.5. The van der Waals surface area contributed by atoms with Crippen molar-refractivity contribution in [1.82, 2.24) is 5.43 Å². The molecule has 4 nitrogen and oxygen atoms in total. The summed E-state index contributed by atoms with van der Waals surface area (Å²) in [7, 11) is 0. The maximum atomic E-state index is 10.7. The Kier molecular flexibility index (Phi) is 4.16. The number of halogens is 1. The maximum Gasteiger partial charge on any atom is 0.236 e. The van der Waals surface area contributed by atoms with Gasteiger partial charge in [-0.25, -0.2) is 5.43 Å². The molecule has 0 saturated heterocycles. The maximum absolute atomic E-state index is 10.7. The van der Waals surface area contributed by atoms with E-state index in [0.717, 1.165) is 15.8 Å². The van der Waals surface area contributed by atoms with E-state index in [9.17, 15) is 4.79 Å². The van der Waals surface area contributed by atoms with Crippen molar-refractivity contribution >= 4 is 28.1 Å². The topological polar surface area (TPSA) is 54.6 Å². The number of nitrogens with zero attached hydrogens (tertiary/aromatic N) is 1. The van der Waals surface area contributed by atoms with Crippen LogP contribution in [0.4, 0.5) is 0 Å². The lowest BCUT2D eigenvalue weighted by Gasteiger charge is -2.01. The van der Waals surface area contributed by atoms with Crippen molar-refractivity contribution in [1.29, 1.82) is 0 Å². The Labute approximate surface area is 119 Å². The molecule has 0 unspecified atom stereocenters. The minimum absolute atomic E-state index is 0.218. The van der Waals surface area contributed by atoms with E-state index in [-0.39, 0.29) is 5.91 Å². The van der Waals surface area contributed by atoms with Gasteiger partial charge in [0.1, 0.15) is 11.5 Å². The molecule has 1 aromatic carbocycles. The summed E-state index contributed by atoms with van der Waals surface area (Å²) in [6.45, 7) is 3.43. The number of aryl methyl sites for hydroxylation is 1. The molecule has 0 spiro atoms. The van der Waals surface area contributed by atoms with Crippen LogP contribution in [0.25, 0.3) is 11.3 Å². The Balaban J connectivity index is 2.21. The van der Waals surface area contributed by atoms with E-state index in [0.29, 0.717) is 5.76 Å². The van der Waals surface area contributed by atoms with Gasteiger partial charge in [0.2, 0.25) is 5.91 Å². The zero-order valence-corrected chi connectivity index (χ0v) is 12.2. The first-order valence-corrected chi connectivity index (χ1v) is 6.51. The second-order valence-corrected chi connectivity index (χ2v) is 4.97. The molecule has 0 radical (unpaired) electrons. The Morgan fingerprint density at radius 2 is 2.16 bits per heavy atom. The van der Waals surface area contributed by atoms with Gasteiger partial charge in [-0.2, -0.15) is 5.10 Å². The molecule has 1 heterocycles. The minimum atomic E-state index is -0.218. The second kappa shape index (κ2) is 5.84. The fraction of sp³-hybridized carbons (Fsp3) is 0.143. The van der Waals surface area contributed by atoms with Crippen molar-refractivity contribution in [3.8, 4) is 11.3 Å². The van der Waals surface area contributed by atoms with Crippen LogP contribution < -0.4 is 5.43 Å². The molecule has 98 valence electrons. The zero-order chi connectivity index (χ0) is 13.8. The SMILES string of the molecule is CC(=O)N/N=C/c1ccc(-c2ccc(C)cc2Br)o1. The molecule has 0 aliphatic heterocycles. The van der Waals surface area contributed by atoms with Crippen molar-refractivity contribution in [2.24, 2.45) is 5.10 Å². The third-order valence-electron chi connectivity index (χ3n) is 2.43. The van der Waals surface area contributed by atoms with Gasteiger partial charge in [-0.05, 0) is 36.8 Å². The van der Waals surface area contributed by atoms with Crippen molar-refractivity contribution in [2.75, 3.05) is 0 Å². The molecule has 2 rings (SSSR count). The molecule has 19 heavy (non-hydrogen) atoms. The number of hydrogen-bond donors (Lipinski definition) is 1. The number of hydrogen-bond acceptors (Lipinski definition) is 3. The first-order chi connectivity index (χ1) is 9.06. The molecule has 0 atom stereocenters. The Bertz CT molecular complexity index is 632. The van der Waals surface area contributed by atoms with Crippen LogP contribution in [0.15, 0.2) is 44.3 Å². The molecule has 1 N–H and O–H groups in total. The van der Waals surface area contributed by atoms with E-state index in [2.05, 4.69) is 26.5 Å². The molecule has 0 saturated carbocycles. The van der Waals surface area contributed by atoms with Crippen LogP contribution in [0, 0.1) is 6.92 Å². The molecule has 0 bridgehead atoms. The van der Waals surface area contributed by atoms with Gasteiger partial charge in [-0.3, -0.25) is 4.79 Å². The zero-order valence-electron chi connectivity index (χ0n) is 10.6. The van der Waals surface area contributed by atoms with E-state index in [1.165, 1.54) is 18.7 Å². The van der Waals surface area contributed by atoms with Crippen molar-refractivity contribution < 1.29 is 9.21 Å². The summed E-state index contributed by atoms with van der Waals surface area (Å²) in [6.07, 6.45) is 1.47. The quantitative estimate of drug-likeness (QED) is 0.695. The number of rotatable bonds is 3. The van der Waals surface area contributed by atoms with Crippen LogP contribution >= 0.6 is 15.9 Å². The van der Waals surface area contributed by atoms with Crippen LogP contribution in [0.1, 0.15) is 18.2 Å². The lowest BCUT2D eigenvalue weighted by molar-refractivity contribution is -0.118. The van der Waals surface area contributed by atoms with E-state index in [1.807, 2.05) is 31.2 Å². The van der Waals surface area contributed by atoms with Crippen molar-refractivity contribution in [3.05, 3.63) is 46.1 Å². The summed E-state index contributed by atoms with van der Waals surface area (Å²) in [5.41, 5.74) is 4.48. The van der Waals surface area contributed by atoms with Crippen LogP contribution in [0.2, 0.25) is 0 Å². The van der Waals surface area contributed by atoms with Gasteiger partial charge in [0, 0.05) is 17.0 Å². The summed E-state index contributed by atoms with van der Waals surface area (Å²) in [4.78, 5) is 10.7. The fourth-order valence-electron chi connectivity index (χ4n) is 1.57. The monoisotopic (exact) mass is 320 g/mol. The molecule has 5 heteroatoms. The number of benzene rings is 1. The molecule has 0 fully saturated rings. The Morgan fingerprint density at radius 3 is 2.84 bits per heavy atom. The molecular weight excluding hydrogens is 308 g/mol. The standard InChI is InChI=1S/C14H13BrN2O2/c1-9-3-5-12(13(15)7-9)14-6-4-11(19-14)8-16-17-10(2)18/h3-8H,1-2H3,(H,17,18)/b16-8+. The number of furan rings is 1. The van der Waals surface area contributed by atoms with Gasteiger partial charge in [0.25, 0.3) is 0 Å². The van der Waals surface area contributed by atoms with Crippen LogP contribution in [0.5, 0.6) is 0 Å². The Hall–Kier alpha value is -1.88. The Morgan fingerprint density at radius 1 is 1.37 bits per heavy atom. The van der Waals surface area contributed by atoms with Gasteiger partial charge >= 0.3 is 0 Å². The fourth-order valence-corrected chi connectivity index (χ4v) is 2.26. The van der Waals surface area contributed by atoms with E-state index < -0.39 is 0 Å². The molecule has 0 aliphatic rings. The molecule has 1 aromatic heterocycles. The van der Waals surface area contributed by atoms with Gasteiger partial charge in [-0.1, -0.05) is 22.0 Å². The highest BCUT2D eigenvalue weighted by molar-refractivity contribution is 9.10. The number of carbonyl (C=O) groups excluding carboxylic acids is 1. The summed E-state index contributed by atoms with van der Waals surface area (Å²) in [6, 6.07) is 9.71. The van der Waals surface area contributed by atoms with Gasteiger partial charge in [0.05, 0.1) is 6.21 Å². The normalized spacial score (nSPS) is 10.9. The average molecular weight is 321 g/mol. The highest BCUT2D eigenvalue weighted by Gasteiger charge is 2.07. The van der Waals surface area contributed by atoms with Crippen molar-refractivity contribution in [3.63, 3.8) is 0 Å². The summed E-state index contributed by atoms with van der Waals surface area (Å²) in [5.74, 6) is 1.11. The van der Waals surface area contributed by atoms with Crippen molar-refractivity contribution in [2.45, 2.75) is 13.8 Å². The number of carbonyl (C=O) groups is 1. The first-order valence-electron chi connectivity index (χ1n) is 5.72. The third-order valence-corrected chi connectivity index (χ3v) is 3.09. The molecule has 0 aliphatic carbocycles. The lowest BCUT2D eigenvalue weighted by atomic mass is 10.1. The molecule has 1 amide bonds. The minimum Gasteiger partial charge on any atom is -0.455 e. The van der Waals surface area contributed by atoms with Crippen LogP contribution in [-0.4, -0.2) is 12.1 Å². The van der Waals surface area contributed by atoms with Crippen LogP contribution in [0.3, 0.4) is 0 Å². The highest BCUT2D eigenvalue weighted by Crippen LogP contribution is 2.30. The van der Waals surface area contributed by atoms with Crippen LogP contribution in [-0.2, 0) is 4.79 Å². The summed E-state index contributed by atoms with van der Waals surface area (Å²) < 4.78 is 6.62. The largest absolute Gasteiger partial charge is 0.455 e. The van der Waals surface area contributed by atoms with Gasteiger partial charge in [-0.15, -0.1) is 0 Å². The summed E-state index contributed by atoms with van der Waals surface area (Å²) >= 11 is 3.51. The lowest BCUT2D eigenvalue weighted by Crippen LogP contribution is -2.12. The van der Waals surface area contributed by atoms with Gasteiger partial charge < -0.3 is 4.42 Å². The number of nitrogens with one attached hydrogen (secondary N) is 1. The van der Waals surface area contributed by atoms with E-state index in [1.54, 1.807) is 6.07 Å². The van der Waals surface area contributed by atoms with Gasteiger partial charge in [0.15, 0.2) is 0 Å². The smallest absolute Gasteiger partial charge is 0.236 e. The third kappa shape index (κ3) is 3.54. The second-order valence-electron chi connectivity index (χ2n) is 4.11. The predicted octanol–water partition coefficient (Wildman–Crippen LogP) is 3.49. The average Bonchev–Trinajstić information content (AvgIpc) is 2.77. The molecular formula is C14H13BrN2O2. The van der Waals surface area contributed by atoms with E-state index >= 15 is 0 Å². The summed E-state index contributed by atoms with van der Waals surface area (Å²) in [5, 5.41) is 3.75. The van der Waals surface area contributed by atoms with E-state index in [4.69, 9.17) is 4.42 Å².